The van der Waals surface area contributed by atoms with Crippen molar-refractivity contribution in [2.75, 3.05) is 13.2 Å². The summed E-state index contributed by atoms with van der Waals surface area (Å²) in [5, 5.41) is 9.21. The fourth-order valence-corrected chi connectivity index (χ4v) is 3.68. The summed E-state index contributed by atoms with van der Waals surface area (Å²) in [5.41, 5.74) is 0.354. The highest BCUT2D eigenvalue weighted by atomic mass is 32.2. The molecular weight excluding hydrogens is 392 g/mol. The van der Waals surface area contributed by atoms with E-state index < -0.39 is 22.1 Å². The first-order valence-electron chi connectivity index (χ1n) is 8.25. The Kier molecular flexibility index (Phi) is 4.52. The van der Waals surface area contributed by atoms with E-state index in [0.29, 0.717) is 30.3 Å². The first-order chi connectivity index (χ1) is 13.3. The van der Waals surface area contributed by atoms with E-state index in [0.717, 1.165) is 4.68 Å². The molecule has 0 spiro atoms. The minimum Gasteiger partial charge on any atom is -0.486 e. The Labute approximate surface area is 159 Å². The summed E-state index contributed by atoms with van der Waals surface area (Å²) in [6, 6.07) is 12.0. The number of para-hydroxylation sites is 1. The van der Waals surface area contributed by atoms with Gasteiger partial charge in [-0.15, -0.1) is 0 Å². The number of nitrogens with zero attached hydrogens (tertiary/aromatic N) is 2. The molecule has 146 valence electrons. The van der Waals surface area contributed by atoms with Crippen molar-refractivity contribution >= 4 is 10.0 Å². The molecule has 3 aromatic rings. The molecular formula is C18H15F2N3O4S. The number of sulfonamides is 1. The van der Waals surface area contributed by atoms with E-state index in [1.54, 1.807) is 24.3 Å². The number of rotatable bonds is 4. The molecule has 0 saturated carbocycles. The van der Waals surface area contributed by atoms with Crippen LogP contribution in [0.15, 0.2) is 53.4 Å². The molecule has 2 N–H and O–H groups in total. The molecule has 0 amide bonds. The number of hydrogen-bond acceptors (Lipinski definition) is 5. The van der Waals surface area contributed by atoms with Gasteiger partial charge in [0.05, 0.1) is 11.4 Å². The summed E-state index contributed by atoms with van der Waals surface area (Å²) < 4.78 is 62.8. The molecule has 0 fully saturated rings. The maximum absolute atomic E-state index is 13.3. The molecule has 1 aliphatic heterocycles. The third kappa shape index (κ3) is 3.32. The molecule has 0 aliphatic carbocycles. The number of ether oxygens (including phenoxy) is 2. The average Bonchev–Trinajstić information content (AvgIpc) is 3.12. The van der Waals surface area contributed by atoms with Gasteiger partial charge >= 0.3 is 0 Å². The lowest BCUT2D eigenvalue weighted by molar-refractivity contribution is 0.145. The molecule has 0 unspecified atom stereocenters. The highest BCUT2D eigenvalue weighted by Crippen LogP contribution is 2.37. The Morgan fingerprint density at radius 1 is 1.04 bits per heavy atom. The summed E-state index contributed by atoms with van der Waals surface area (Å²) in [6.07, 6.45) is -2.83. The quantitative estimate of drug-likeness (QED) is 0.717. The molecule has 0 atom stereocenters. The Morgan fingerprint density at radius 2 is 1.75 bits per heavy atom. The van der Waals surface area contributed by atoms with Gasteiger partial charge in [-0.3, -0.25) is 0 Å². The first kappa shape index (κ1) is 18.4. The van der Waals surface area contributed by atoms with Crippen LogP contribution in [0.1, 0.15) is 12.1 Å². The van der Waals surface area contributed by atoms with Crippen LogP contribution in [-0.2, 0) is 10.0 Å². The fraction of sp³-hybridized carbons (Fsp3) is 0.167. The molecule has 4 rings (SSSR count). The number of alkyl halides is 2. The summed E-state index contributed by atoms with van der Waals surface area (Å²) in [6.45, 7) is 0.786. The lowest BCUT2D eigenvalue weighted by atomic mass is 10.1. The molecule has 0 saturated heterocycles. The van der Waals surface area contributed by atoms with Crippen molar-refractivity contribution in [1.29, 1.82) is 0 Å². The van der Waals surface area contributed by atoms with Crippen molar-refractivity contribution in [3.8, 4) is 28.4 Å². The van der Waals surface area contributed by atoms with Gasteiger partial charge in [0.2, 0.25) is 10.0 Å². The Balaban J connectivity index is 1.93. The molecule has 2 heterocycles. The summed E-state index contributed by atoms with van der Waals surface area (Å²) in [4.78, 5) is -0.224. The van der Waals surface area contributed by atoms with Crippen LogP contribution in [0.3, 0.4) is 0 Å². The van der Waals surface area contributed by atoms with Crippen molar-refractivity contribution in [2.45, 2.75) is 11.3 Å². The number of halogens is 2. The standard InChI is InChI=1S/C18H15F2N3O4S/c19-18(20)12-10-14(11-5-6-15-16(9-11)27-8-7-26-15)23(22-12)13-3-1-2-4-17(13)28(21,24)25/h1-6,9-10,18H,7-8H2,(H2,21,24,25). The molecule has 28 heavy (non-hydrogen) atoms. The number of benzene rings is 2. The van der Waals surface area contributed by atoms with Crippen LogP contribution < -0.4 is 14.6 Å². The molecule has 7 nitrogen and oxygen atoms in total. The van der Waals surface area contributed by atoms with Gasteiger partial charge < -0.3 is 9.47 Å². The zero-order valence-corrected chi connectivity index (χ0v) is 15.2. The maximum atomic E-state index is 13.3. The zero-order valence-electron chi connectivity index (χ0n) is 14.4. The monoisotopic (exact) mass is 407 g/mol. The number of aromatic nitrogens is 2. The highest BCUT2D eigenvalue weighted by molar-refractivity contribution is 7.89. The van der Waals surface area contributed by atoms with E-state index >= 15 is 0 Å². The Morgan fingerprint density at radius 3 is 2.46 bits per heavy atom. The van der Waals surface area contributed by atoms with Gasteiger partial charge in [0, 0.05) is 5.56 Å². The highest BCUT2D eigenvalue weighted by Gasteiger charge is 2.23. The summed E-state index contributed by atoms with van der Waals surface area (Å²) in [5.74, 6) is 1.01. The lowest BCUT2D eigenvalue weighted by Crippen LogP contribution is -2.16. The average molecular weight is 407 g/mol. The van der Waals surface area contributed by atoms with Crippen molar-refractivity contribution in [3.05, 3.63) is 54.2 Å². The van der Waals surface area contributed by atoms with Gasteiger partial charge in [-0.1, -0.05) is 12.1 Å². The van der Waals surface area contributed by atoms with Crippen molar-refractivity contribution in [2.24, 2.45) is 5.14 Å². The Bertz CT molecular complexity index is 1150. The maximum Gasteiger partial charge on any atom is 0.282 e. The number of primary sulfonamides is 1. The third-order valence-electron chi connectivity index (χ3n) is 4.19. The van der Waals surface area contributed by atoms with Crippen molar-refractivity contribution in [3.63, 3.8) is 0 Å². The second kappa shape index (κ2) is 6.88. The molecule has 2 aromatic carbocycles. The second-order valence-corrected chi connectivity index (χ2v) is 7.57. The van der Waals surface area contributed by atoms with E-state index in [1.165, 1.54) is 24.3 Å². The van der Waals surface area contributed by atoms with Crippen molar-refractivity contribution in [1.82, 2.24) is 9.78 Å². The largest absolute Gasteiger partial charge is 0.486 e. The van der Waals surface area contributed by atoms with Crippen LogP contribution >= 0.6 is 0 Å². The molecule has 1 aliphatic rings. The van der Waals surface area contributed by atoms with E-state index in [9.17, 15) is 17.2 Å². The molecule has 1 aromatic heterocycles. The summed E-state index contributed by atoms with van der Waals surface area (Å²) in [7, 11) is -4.10. The minimum atomic E-state index is -4.10. The number of hydrogen-bond donors (Lipinski definition) is 1. The van der Waals surface area contributed by atoms with Crippen LogP contribution in [0.4, 0.5) is 8.78 Å². The smallest absolute Gasteiger partial charge is 0.282 e. The first-order valence-corrected chi connectivity index (χ1v) is 9.79. The van der Waals surface area contributed by atoms with Gasteiger partial charge in [-0.2, -0.15) is 5.10 Å². The summed E-state index contributed by atoms with van der Waals surface area (Å²) >= 11 is 0. The third-order valence-corrected chi connectivity index (χ3v) is 5.15. The van der Waals surface area contributed by atoms with Crippen LogP contribution in [-0.4, -0.2) is 31.4 Å². The Hall–Kier alpha value is -2.98. The van der Waals surface area contributed by atoms with Gasteiger partial charge in [0.15, 0.2) is 11.5 Å². The van der Waals surface area contributed by atoms with Crippen molar-refractivity contribution < 1.29 is 26.7 Å². The van der Waals surface area contributed by atoms with Gasteiger partial charge in [-0.25, -0.2) is 27.0 Å². The second-order valence-electron chi connectivity index (χ2n) is 6.04. The minimum absolute atomic E-state index is 0.0711. The van der Waals surface area contributed by atoms with Crippen LogP contribution in [0.5, 0.6) is 11.5 Å². The van der Waals surface area contributed by atoms with Crippen LogP contribution in [0, 0.1) is 0 Å². The molecule has 0 bridgehead atoms. The van der Waals surface area contributed by atoms with E-state index in [4.69, 9.17) is 14.6 Å². The van der Waals surface area contributed by atoms with Crippen LogP contribution in [0.2, 0.25) is 0 Å². The fourth-order valence-electron chi connectivity index (χ4n) is 2.97. The molecule has 10 heteroatoms. The normalized spacial score (nSPS) is 13.7. The number of nitrogens with two attached hydrogens (primary N) is 1. The van der Waals surface area contributed by atoms with Crippen LogP contribution in [0.25, 0.3) is 16.9 Å². The lowest BCUT2D eigenvalue weighted by Gasteiger charge is -2.19. The van der Waals surface area contributed by atoms with E-state index in [1.807, 2.05) is 0 Å². The number of fused-ring (bicyclic) bond motifs is 1. The molecule has 0 radical (unpaired) electrons. The van der Waals surface area contributed by atoms with E-state index in [2.05, 4.69) is 5.10 Å². The predicted octanol–water partition coefficient (Wildman–Crippen LogP) is 2.90. The topological polar surface area (TPSA) is 96.4 Å². The SMILES string of the molecule is NS(=O)(=O)c1ccccc1-n1nc(C(F)F)cc1-c1ccc2c(c1)OCCO2. The van der Waals surface area contributed by atoms with Gasteiger partial charge in [-0.05, 0) is 36.4 Å². The van der Waals surface area contributed by atoms with Gasteiger partial charge in [0.1, 0.15) is 23.8 Å². The van der Waals surface area contributed by atoms with Gasteiger partial charge in [0.25, 0.3) is 6.43 Å². The zero-order chi connectivity index (χ0) is 19.9. The predicted molar refractivity (Wildman–Crippen MR) is 96.3 cm³/mol. The van der Waals surface area contributed by atoms with E-state index in [-0.39, 0.29) is 16.3 Å².